The predicted molar refractivity (Wildman–Crippen MR) is 63.8 cm³/mol. The topological polar surface area (TPSA) is 110 Å². The number of hydrogen-bond acceptors (Lipinski definition) is 6. The summed E-state index contributed by atoms with van der Waals surface area (Å²) in [5, 5.41) is 13.1. The fraction of sp³-hybridized carbons (Fsp3) is 0.182. The van der Waals surface area contributed by atoms with Crippen LogP contribution in [-0.2, 0) is 9.59 Å². The van der Waals surface area contributed by atoms with Gasteiger partial charge in [-0.2, -0.15) is 0 Å². The lowest BCUT2D eigenvalue weighted by Gasteiger charge is -2.26. The van der Waals surface area contributed by atoms with Crippen molar-refractivity contribution in [2.75, 3.05) is 18.0 Å². The molecule has 1 aliphatic rings. The van der Waals surface area contributed by atoms with Crippen LogP contribution >= 0.6 is 0 Å². The number of nitrogens with zero attached hydrogens (tertiary/aromatic N) is 2. The molecule has 0 unspecified atom stereocenters. The number of rotatable bonds is 3. The highest BCUT2D eigenvalue weighted by Gasteiger charge is 2.27. The van der Waals surface area contributed by atoms with E-state index < -0.39 is 16.7 Å². The van der Waals surface area contributed by atoms with Crippen LogP contribution in [-0.4, -0.2) is 36.1 Å². The third-order valence-corrected chi connectivity index (χ3v) is 2.62. The first-order valence-electron chi connectivity index (χ1n) is 5.32. The second-order valence-corrected chi connectivity index (χ2v) is 3.95. The van der Waals surface area contributed by atoms with Crippen LogP contribution < -0.4 is 10.2 Å². The van der Waals surface area contributed by atoms with Crippen molar-refractivity contribution in [3.63, 3.8) is 0 Å². The second kappa shape index (κ2) is 4.84. The molecule has 1 N–H and O–H groups in total. The lowest BCUT2D eigenvalue weighted by molar-refractivity contribution is -0.384. The molecule has 8 heteroatoms. The third kappa shape index (κ3) is 2.57. The summed E-state index contributed by atoms with van der Waals surface area (Å²) in [6.07, 6.45) is 0.491. The molecule has 8 nitrogen and oxygen atoms in total. The summed E-state index contributed by atoms with van der Waals surface area (Å²) >= 11 is 0. The van der Waals surface area contributed by atoms with E-state index in [1.165, 1.54) is 17.0 Å². The Morgan fingerprint density at radius 1 is 1.26 bits per heavy atom. The molecule has 1 heterocycles. The van der Waals surface area contributed by atoms with Gasteiger partial charge in [-0.1, -0.05) is 0 Å². The average Bonchev–Trinajstić information content (AvgIpc) is 2.36. The maximum atomic E-state index is 11.3. The molecule has 0 bridgehead atoms. The van der Waals surface area contributed by atoms with Gasteiger partial charge in [0.05, 0.1) is 18.0 Å². The van der Waals surface area contributed by atoms with E-state index in [1.807, 2.05) is 0 Å². The van der Waals surface area contributed by atoms with Crippen LogP contribution in [0.25, 0.3) is 0 Å². The fourth-order valence-corrected chi connectivity index (χ4v) is 1.83. The van der Waals surface area contributed by atoms with E-state index in [0.717, 1.165) is 6.07 Å². The molecule has 0 radical (unpaired) electrons. The SMILES string of the molecule is O=Cc1ccc(N2CC(=O)NC(=O)C2)c([N+](=O)[O-])c1. The quantitative estimate of drug-likeness (QED) is 0.352. The van der Waals surface area contributed by atoms with Crippen LogP contribution in [0.1, 0.15) is 10.4 Å². The van der Waals surface area contributed by atoms with Crippen molar-refractivity contribution in [3.8, 4) is 0 Å². The smallest absolute Gasteiger partial charge is 0.293 e. The third-order valence-electron chi connectivity index (χ3n) is 2.62. The average molecular weight is 263 g/mol. The van der Waals surface area contributed by atoms with Crippen LogP contribution in [0.2, 0.25) is 0 Å². The van der Waals surface area contributed by atoms with Crippen molar-refractivity contribution in [3.05, 3.63) is 33.9 Å². The van der Waals surface area contributed by atoms with Crippen molar-refractivity contribution in [1.82, 2.24) is 5.32 Å². The number of benzene rings is 1. The summed E-state index contributed by atoms with van der Waals surface area (Å²) in [7, 11) is 0. The molecule has 2 rings (SSSR count). The van der Waals surface area contributed by atoms with Gasteiger partial charge in [0, 0.05) is 11.6 Å². The van der Waals surface area contributed by atoms with Gasteiger partial charge >= 0.3 is 0 Å². The Kier molecular flexibility index (Phi) is 3.23. The largest absolute Gasteiger partial charge is 0.347 e. The number of anilines is 1. The van der Waals surface area contributed by atoms with Crippen molar-refractivity contribution < 1.29 is 19.3 Å². The number of aldehydes is 1. The molecule has 19 heavy (non-hydrogen) atoms. The first-order valence-corrected chi connectivity index (χ1v) is 5.32. The zero-order valence-corrected chi connectivity index (χ0v) is 9.66. The second-order valence-electron chi connectivity index (χ2n) is 3.95. The first-order chi connectivity index (χ1) is 9.01. The number of piperazine rings is 1. The van der Waals surface area contributed by atoms with Gasteiger partial charge < -0.3 is 4.90 Å². The Labute approximate surface area is 107 Å². The molecule has 1 aliphatic heterocycles. The van der Waals surface area contributed by atoms with E-state index in [4.69, 9.17) is 0 Å². The summed E-state index contributed by atoms with van der Waals surface area (Å²) in [5.74, 6) is -1.05. The van der Waals surface area contributed by atoms with E-state index in [1.54, 1.807) is 0 Å². The molecule has 0 spiro atoms. The number of amides is 2. The Bertz CT molecular complexity index is 568. The number of nitro benzene ring substituents is 1. The van der Waals surface area contributed by atoms with Gasteiger partial charge in [0.25, 0.3) is 5.69 Å². The minimum Gasteiger partial charge on any atom is -0.347 e. The fourth-order valence-electron chi connectivity index (χ4n) is 1.83. The van der Waals surface area contributed by atoms with Crippen LogP contribution in [0, 0.1) is 10.1 Å². The van der Waals surface area contributed by atoms with Gasteiger partial charge in [0.1, 0.15) is 12.0 Å². The van der Waals surface area contributed by atoms with Crippen molar-refractivity contribution in [1.29, 1.82) is 0 Å². The molecule has 2 amide bonds. The van der Waals surface area contributed by atoms with Crippen LogP contribution in [0.3, 0.4) is 0 Å². The number of nitrogens with one attached hydrogen (secondary N) is 1. The molecule has 1 saturated heterocycles. The maximum Gasteiger partial charge on any atom is 0.293 e. The van der Waals surface area contributed by atoms with Crippen LogP contribution in [0.15, 0.2) is 18.2 Å². The molecule has 0 atom stereocenters. The highest BCUT2D eigenvalue weighted by molar-refractivity contribution is 6.03. The zero-order valence-electron chi connectivity index (χ0n) is 9.66. The summed E-state index contributed by atoms with van der Waals surface area (Å²) < 4.78 is 0. The number of hydrogen-bond donors (Lipinski definition) is 1. The van der Waals surface area contributed by atoms with Gasteiger partial charge in [-0.05, 0) is 12.1 Å². The van der Waals surface area contributed by atoms with E-state index in [-0.39, 0.29) is 30.0 Å². The minimum absolute atomic E-state index is 0.138. The van der Waals surface area contributed by atoms with E-state index in [2.05, 4.69) is 5.32 Å². The molecule has 1 aromatic carbocycles. The van der Waals surface area contributed by atoms with E-state index >= 15 is 0 Å². The number of carbonyl (C=O) groups excluding carboxylic acids is 3. The Morgan fingerprint density at radius 2 is 1.89 bits per heavy atom. The Balaban J connectivity index is 2.43. The lowest BCUT2D eigenvalue weighted by atomic mass is 10.1. The molecule has 1 aromatic rings. The highest BCUT2D eigenvalue weighted by Crippen LogP contribution is 2.29. The highest BCUT2D eigenvalue weighted by atomic mass is 16.6. The molecule has 98 valence electrons. The molecule has 0 saturated carbocycles. The van der Waals surface area contributed by atoms with Crippen molar-refractivity contribution in [2.45, 2.75) is 0 Å². The summed E-state index contributed by atoms with van der Waals surface area (Å²) in [4.78, 5) is 44.8. The van der Waals surface area contributed by atoms with E-state index in [9.17, 15) is 24.5 Å². The normalized spacial score (nSPS) is 15.1. The summed E-state index contributed by atoms with van der Waals surface area (Å²) in [5.41, 5.74) is -0.0193. The predicted octanol–water partition coefficient (Wildman–Crippen LogP) is -0.130. The van der Waals surface area contributed by atoms with E-state index in [0.29, 0.717) is 6.29 Å². The van der Waals surface area contributed by atoms with Gasteiger partial charge in [-0.25, -0.2) is 0 Å². The van der Waals surface area contributed by atoms with Crippen LogP contribution in [0.5, 0.6) is 0 Å². The van der Waals surface area contributed by atoms with Gasteiger partial charge in [0.2, 0.25) is 11.8 Å². The number of carbonyl (C=O) groups is 3. The molecule has 0 aromatic heterocycles. The molecular formula is C11H9N3O5. The van der Waals surface area contributed by atoms with Gasteiger partial charge in [-0.3, -0.25) is 29.8 Å². The number of nitro groups is 1. The Hall–Kier alpha value is -2.77. The first kappa shape index (κ1) is 12.7. The minimum atomic E-state index is -0.653. The monoisotopic (exact) mass is 263 g/mol. The zero-order chi connectivity index (χ0) is 14.0. The molecular weight excluding hydrogens is 254 g/mol. The lowest BCUT2D eigenvalue weighted by Crippen LogP contribution is -2.51. The van der Waals surface area contributed by atoms with Crippen LogP contribution in [0.4, 0.5) is 11.4 Å². The maximum absolute atomic E-state index is 11.3. The van der Waals surface area contributed by atoms with Crippen molar-refractivity contribution >= 4 is 29.5 Å². The van der Waals surface area contributed by atoms with Crippen molar-refractivity contribution in [2.24, 2.45) is 0 Å². The summed E-state index contributed by atoms with van der Waals surface area (Å²) in [6.45, 7) is -0.292. The standard InChI is InChI=1S/C11H9N3O5/c15-6-7-1-2-8(9(3-7)14(18)19)13-4-10(16)12-11(17)5-13/h1-3,6H,4-5H2,(H,12,16,17). The van der Waals surface area contributed by atoms with Gasteiger partial charge in [0.15, 0.2) is 0 Å². The van der Waals surface area contributed by atoms with Gasteiger partial charge in [-0.15, -0.1) is 0 Å². The summed E-state index contributed by atoms with van der Waals surface area (Å²) in [6, 6.07) is 3.86. The Morgan fingerprint density at radius 3 is 2.42 bits per heavy atom. The number of imide groups is 1. The molecule has 0 aliphatic carbocycles. The molecule has 1 fully saturated rings.